The molecule has 0 unspecified atom stereocenters. The number of amides is 1. The number of hydrogen-bond donors (Lipinski definition) is 1. The summed E-state index contributed by atoms with van der Waals surface area (Å²) in [4.78, 5) is 16.7. The second-order valence-corrected chi connectivity index (χ2v) is 5.52. The predicted octanol–water partition coefficient (Wildman–Crippen LogP) is -0.0286. The van der Waals surface area contributed by atoms with Crippen molar-refractivity contribution in [2.45, 2.75) is 18.6 Å². The number of fused-ring (bicyclic) bond motifs is 1. The molecule has 1 aromatic heterocycles. The van der Waals surface area contributed by atoms with Gasteiger partial charge in [-0.05, 0) is 12.5 Å². The molecule has 2 aliphatic heterocycles. The first-order valence-electron chi connectivity index (χ1n) is 7.43. The van der Waals surface area contributed by atoms with Crippen molar-refractivity contribution in [3.05, 3.63) is 18.0 Å². The van der Waals surface area contributed by atoms with Crippen LogP contribution in [0.4, 0.5) is 0 Å². The van der Waals surface area contributed by atoms with Crippen molar-refractivity contribution in [2.75, 3.05) is 46.5 Å². The molecule has 116 valence electrons. The number of aromatic nitrogens is 2. The standard InChI is InChI=1S/C14H22N4O3/c1-20-8-6-17-7-9-21-13-3-5-18(10-12(13)17)14(19)11-2-4-15-16-11/h2,4,12-13H,3,5-10H2,1H3,(H,15,16)/t12-,13-/m0/s1. The Labute approximate surface area is 124 Å². The van der Waals surface area contributed by atoms with Crippen molar-refractivity contribution in [2.24, 2.45) is 0 Å². The van der Waals surface area contributed by atoms with Crippen molar-refractivity contribution in [3.8, 4) is 0 Å². The van der Waals surface area contributed by atoms with Crippen molar-refractivity contribution in [1.82, 2.24) is 20.0 Å². The Morgan fingerprint density at radius 2 is 2.48 bits per heavy atom. The van der Waals surface area contributed by atoms with Crippen LogP contribution >= 0.6 is 0 Å². The molecule has 2 saturated heterocycles. The third-order valence-electron chi connectivity index (χ3n) is 4.30. The quantitative estimate of drug-likeness (QED) is 0.844. The Morgan fingerprint density at radius 3 is 3.24 bits per heavy atom. The van der Waals surface area contributed by atoms with E-state index in [0.717, 1.165) is 32.7 Å². The fourth-order valence-electron chi connectivity index (χ4n) is 3.16. The first-order chi connectivity index (χ1) is 10.3. The van der Waals surface area contributed by atoms with Gasteiger partial charge in [-0.25, -0.2) is 0 Å². The van der Waals surface area contributed by atoms with E-state index in [9.17, 15) is 4.79 Å². The number of nitrogens with one attached hydrogen (secondary N) is 1. The number of methoxy groups -OCH3 is 1. The third-order valence-corrected chi connectivity index (χ3v) is 4.30. The van der Waals surface area contributed by atoms with Gasteiger partial charge in [0, 0.05) is 39.5 Å². The summed E-state index contributed by atoms with van der Waals surface area (Å²) in [6.07, 6.45) is 2.71. The highest BCUT2D eigenvalue weighted by molar-refractivity contribution is 5.92. The lowest BCUT2D eigenvalue weighted by molar-refractivity contribution is -0.101. The van der Waals surface area contributed by atoms with Crippen LogP contribution in [0.1, 0.15) is 16.9 Å². The van der Waals surface area contributed by atoms with E-state index in [1.54, 1.807) is 19.4 Å². The van der Waals surface area contributed by atoms with Gasteiger partial charge in [0.1, 0.15) is 5.69 Å². The smallest absolute Gasteiger partial charge is 0.271 e. The number of hydrogen-bond acceptors (Lipinski definition) is 5. The van der Waals surface area contributed by atoms with Crippen LogP contribution in [0.2, 0.25) is 0 Å². The van der Waals surface area contributed by atoms with E-state index in [-0.39, 0.29) is 18.1 Å². The van der Waals surface area contributed by atoms with Gasteiger partial charge in [0.15, 0.2) is 0 Å². The molecule has 2 fully saturated rings. The van der Waals surface area contributed by atoms with Crippen LogP contribution in [0.3, 0.4) is 0 Å². The third kappa shape index (κ3) is 3.09. The zero-order valence-corrected chi connectivity index (χ0v) is 12.3. The highest BCUT2D eigenvalue weighted by atomic mass is 16.5. The maximum atomic E-state index is 12.4. The van der Waals surface area contributed by atoms with Crippen LogP contribution in [-0.4, -0.2) is 84.6 Å². The van der Waals surface area contributed by atoms with E-state index in [1.807, 2.05) is 4.90 Å². The molecule has 3 heterocycles. The van der Waals surface area contributed by atoms with Crippen molar-refractivity contribution < 1.29 is 14.3 Å². The SMILES string of the molecule is COCCN1CCO[C@H]2CCN(C(=O)c3ccn[nH]3)C[C@@H]21. The molecule has 0 saturated carbocycles. The van der Waals surface area contributed by atoms with Crippen molar-refractivity contribution in [1.29, 1.82) is 0 Å². The van der Waals surface area contributed by atoms with E-state index in [1.165, 1.54) is 0 Å². The summed E-state index contributed by atoms with van der Waals surface area (Å²) < 4.78 is 11.1. The van der Waals surface area contributed by atoms with Crippen LogP contribution in [0.5, 0.6) is 0 Å². The minimum atomic E-state index is 0.0169. The molecular formula is C14H22N4O3. The Bertz CT molecular complexity index is 465. The Morgan fingerprint density at radius 1 is 1.57 bits per heavy atom. The van der Waals surface area contributed by atoms with Gasteiger partial charge >= 0.3 is 0 Å². The first-order valence-corrected chi connectivity index (χ1v) is 7.43. The molecule has 0 bridgehead atoms. The number of ether oxygens (including phenoxy) is 2. The van der Waals surface area contributed by atoms with Crippen LogP contribution in [0, 0.1) is 0 Å². The first kappa shape index (κ1) is 14.5. The van der Waals surface area contributed by atoms with Crippen molar-refractivity contribution in [3.63, 3.8) is 0 Å². The molecule has 2 aliphatic rings. The highest BCUT2D eigenvalue weighted by Crippen LogP contribution is 2.23. The number of carbonyl (C=O) groups is 1. The molecule has 0 aliphatic carbocycles. The van der Waals surface area contributed by atoms with Gasteiger partial charge in [-0.15, -0.1) is 0 Å². The molecule has 0 spiro atoms. The molecular weight excluding hydrogens is 272 g/mol. The van der Waals surface area contributed by atoms with Crippen LogP contribution < -0.4 is 0 Å². The summed E-state index contributed by atoms with van der Waals surface area (Å²) in [6, 6.07) is 1.98. The lowest BCUT2D eigenvalue weighted by Gasteiger charge is -2.46. The Kier molecular flexibility index (Phi) is 4.52. The molecule has 1 amide bonds. The van der Waals surface area contributed by atoms with Gasteiger partial charge in [-0.2, -0.15) is 5.10 Å². The summed E-state index contributed by atoms with van der Waals surface area (Å²) in [5.74, 6) is 0.0169. The van der Waals surface area contributed by atoms with Gasteiger partial charge in [-0.1, -0.05) is 0 Å². The Balaban J connectivity index is 1.66. The average Bonchev–Trinajstić information content (AvgIpc) is 3.06. The topological polar surface area (TPSA) is 70.7 Å². The number of aromatic amines is 1. The van der Waals surface area contributed by atoms with Gasteiger partial charge in [0.05, 0.1) is 25.4 Å². The lowest BCUT2D eigenvalue weighted by atomic mass is 9.98. The van der Waals surface area contributed by atoms with Gasteiger partial charge in [0.2, 0.25) is 0 Å². The molecule has 7 nitrogen and oxygen atoms in total. The molecule has 1 aromatic rings. The number of rotatable bonds is 4. The maximum Gasteiger partial charge on any atom is 0.271 e. The summed E-state index contributed by atoms with van der Waals surface area (Å²) in [7, 11) is 1.72. The normalized spacial score (nSPS) is 26.6. The van der Waals surface area contributed by atoms with Crippen LogP contribution in [-0.2, 0) is 9.47 Å². The molecule has 0 aromatic carbocycles. The monoisotopic (exact) mass is 294 g/mol. The molecule has 2 atom stereocenters. The van der Waals surface area contributed by atoms with Gasteiger partial charge in [0.25, 0.3) is 5.91 Å². The lowest BCUT2D eigenvalue weighted by Crippen LogP contribution is -2.61. The Hall–Kier alpha value is -1.44. The number of carbonyl (C=O) groups excluding carboxylic acids is 1. The number of piperidine rings is 1. The highest BCUT2D eigenvalue weighted by Gasteiger charge is 2.38. The molecule has 0 radical (unpaired) electrons. The average molecular weight is 294 g/mol. The fourth-order valence-corrected chi connectivity index (χ4v) is 3.16. The summed E-state index contributed by atoms with van der Waals surface area (Å²) >= 11 is 0. The van der Waals surface area contributed by atoms with E-state index < -0.39 is 0 Å². The zero-order chi connectivity index (χ0) is 14.7. The van der Waals surface area contributed by atoms with Crippen LogP contribution in [0.15, 0.2) is 12.3 Å². The maximum absolute atomic E-state index is 12.4. The predicted molar refractivity (Wildman–Crippen MR) is 76.1 cm³/mol. The van der Waals surface area contributed by atoms with Gasteiger partial charge < -0.3 is 14.4 Å². The van der Waals surface area contributed by atoms with E-state index in [2.05, 4.69) is 15.1 Å². The molecule has 7 heteroatoms. The zero-order valence-electron chi connectivity index (χ0n) is 12.3. The number of morpholine rings is 1. The van der Waals surface area contributed by atoms with E-state index in [4.69, 9.17) is 9.47 Å². The fraction of sp³-hybridized carbons (Fsp3) is 0.714. The summed E-state index contributed by atoms with van der Waals surface area (Å²) in [5, 5.41) is 6.60. The van der Waals surface area contributed by atoms with E-state index in [0.29, 0.717) is 18.8 Å². The summed E-state index contributed by atoms with van der Waals surface area (Å²) in [5.41, 5.74) is 0.550. The molecule has 21 heavy (non-hydrogen) atoms. The second kappa shape index (κ2) is 6.55. The minimum Gasteiger partial charge on any atom is -0.383 e. The minimum absolute atomic E-state index is 0.0169. The molecule has 3 rings (SSSR count). The second-order valence-electron chi connectivity index (χ2n) is 5.52. The summed E-state index contributed by atoms with van der Waals surface area (Å²) in [6.45, 7) is 4.68. The number of nitrogens with zero attached hydrogens (tertiary/aromatic N) is 3. The molecule has 1 N–H and O–H groups in total. The van der Waals surface area contributed by atoms with Gasteiger partial charge in [-0.3, -0.25) is 14.8 Å². The largest absolute Gasteiger partial charge is 0.383 e. The number of likely N-dealkylation sites (tertiary alicyclic amines) is 1. The van der Waals surface area contributed by atoms with Crippen molar-refractivity contribution >= 4 is 5.91 Å². The number of H-pyrrole nitrogens is 1. The van der Waals surface area contributed by atoms with E-state index >= 15 is 0 Å². The van der Waals surface area contributed by atoms with Crippen LogP contribution in [0.25, 0.3) is 0 Å².